The Morgan fingerprint density at radius 1 is 1.03 bits per heavy atom. The second kappa shape index (κ2) is 10.6. The van der Waals surface area contributed by atoms with Crippen LogP contribution in [0.5, 0.6) is 5.88 Å². The first kappa shape index (κ1) is 25.9. The van der Waals surface area contributed by atoms with Crippen LogP contribution in [0.15, 0.2) is 72.3 Å². The zero-order valence-electron chi connectivity index (χ0n) is 20.3. The molecule has 5 rings (SSSR count). The van der Waals surface area contributed by atoms with Crippen LogP contribution in [0.25, 0.3) is 22.0 Å². The molecule has 0 aliphatic carbocycles. The summed E-state index contributed by atoms with van der Waals surface area (Å²) in [4.78, 5) is 12.1. The number of methoxy groups -OCH3 is 1. The number of pyridine rings is 1. The van der Waals surface area contributed by atoms with E-state index in [2.05, 4.69) is 30.1 Å². The summed E-state index contributed by atoms with van der Waals surface area (Å²) in [5, 5.41) is 17.1. The number of hydrogen-bond acceptors (Lipinski definition) is 9. The number of aromatic nitrogens is 5. The normalized spacial score (nSPS) is 11.5. The molecule has 0 radical (unpaired) electrons. The lowest BCUT2D eigenvalue weighted by Gasteiger charge is -2.14. The lowest BCUT2D eigenvalue weighted by Crippen LogP contribution is -2.15. The van der Waals surface area contributed by atoms with Crippen molar-refractivity contribution >= 4 is 38.1 Å². The number of benzene rings is 2. The Morgan fingerprint density at radius 3 is 2.64 bits per heavy atom. The minimum absolute atomic E-state index is 0.0437. The number of hydrogen-bond donors (Lipinski definition) is 3. The summed E-state index contributed by atoms with van der Waals surface area (Å²) in [5.41, 5.74) is 2.43. The van der Waals surface area contributed by atoms with Crippen molar-refractivity contribution in [1.82, 2.24) is 24.7 Å². The van der Waals surface area contributed by atoms with Gasteiger partial charge in [-0.3, -0.25) is 9.40 Å². The predicted molar refractivity (Wildman–Crippen MR) is 139 cm³/mol. The van der Waals surface area contributed by atoms with Gasteiger partial charge < -0.3 is 15.2 Å². The Balaban J connectivity index is 1.50. The van der Waals surface area contributed by atoms with Gasteiger partial charge in [0.2, 0.25) is 5.88 Å². The molecule has 3 N–H and O–H groups in total. The van der Waals surface area contributed by atoms with E-state index in [9.17, 15) is 17.2 Å². The maximum atomic E-state index is 14.2. The lowest BCUT2D eigenvalue weighted by atomic mass is 10.0. The number of aliphatic hydroxyl groups excluding tert-OH is 1. The van der Waals surface area contributed by atoms with E-state index in [1.165, 1.54) is 25.7 Å². The van der Waals surface area contributed by atoms with Gasteiger partial charge in [0.1, 0.15) is 34.4 Å². The van der Waals surface area contributed by atoms with Gasteiger partial charge in [-0.1, -0.05) is 6.07 Å². The molecule has 0 atom stereocenters. The second-order valence-electron chi connectivity index (χ2n) is 8.26. The monoisotopic (exact) mass is 553 g/mol. The third-order valence-corrected chi connectivity index (χ3v) is 7.06. The van der Waals surface area contributed by atoms with Crippen molar-refractivity contribution in [3.63, 3.8) is 0 Å². The summed E-state index contributed by atoms with van der Waals surface area (Å²) < 4.78 is 62.3. The molecular weight excluding hydrogens is 532 g/mol. The van der Waals surface area contributed by atoms with Gasteiger partial charge in [-0.25, -0.2) is 32.2 Å². The standard InChI is InChI=1S/C25H21F2N7O4S/c1-38-25-22(33-39(36,37)23-5-3-17(26)10-20(23)27)9-16(11-28-25)15-2-4-21-19(8-15)24(30-14-29-21)32-18-12-31-34(13-18)6-7-35/h2-5,8-14,33,35H,6-7H2,1H3,(H,29,30,32). The van der Waals surface area contributed by atoms with Crippen LogP contribution in [0.4, 0.5) is 26.0 Å². The molecule has 0 unspecified atom stereocenters. The molecule has 0 bridgehead atoms. The van der Waals surface area contributed by atoms with E-state index in [1.807, 2.05) is 0 Å². The van der Waals surface area contributed by atoms with Gasteiger partial charge in [0.25, 0.3) is 10.0 Å². The zero-order chi connectivity index (χ0) is 27.6. The van der Waals surface area contributed by atoms with Crippen LogP contribution in [0.3, 0.4) is 0 Å². The van der Waals surface area contributed by atoms with Crippen molar-refractivity contribution in [2.75, 3.05) is 23.8 Å². The van der Waals surface area contributed by atoms with Crippen molar-refractivity contribution in [2.45, 2.75) is 11.4 Å². The fourth-order valence-electron chi connectivity index (χ4n) is 3.86. The molecule has 3 heterocycles. The number of sulfonamides is 1. The summed E-state index contributed by atoms with van der Waals surface area (Å²) in [6, 6.07) is 9.01. The summed E-state index contributed by atoms with van der Waals surface area (Å²) in [6.07, 6.45) is 6.23. The third kappa shape index (κ3) is 5.46. The van der Waals surface area contributed by atoms with Crippen molar-refractivity contribution in [3.05, 3.63) is 79.0 Å². The van der Waals surface area contributed by atoms with Gasteiger partial charge in [0, 0.05) is 29.4 Å². The maximum Gasteiger partial charge on any atom is 0.264 e. The van der Waals surface area contributed by atoms with Gasteiger partial charge >= 0.3 is 0 Å². The van der Waals surface area contributed by atoms with Crippen LogP contribution in [0.1, 0.15) is 0 Å². The third-order valence-electron chi connectivity index (χ3n) is 5.67. The number of nitrogens with zero attached hydrogens (tertiary/aromatic N) is 5. The Morgan fingerprint density at radius 2 is 1.87 bits per heavy atom. The molecule has 0 amide bonds. The number of aliphatic hydroxyl groups is 1. The Bertz CT molecular complexity index is 1780. The van der Waals surface area contributed by atoms with E-state index in [4.69, 9.17) is 9.84 Å². The molecule has 0 saturated carbocycles. The summed E-state index contributed by atoms with van der Waals surface area (Å²) in [5.74, 6) is -1.68. The second-order valence-corrected chi connectivity index (χ2v) is 9.91. The Kier molecular flexibility index (Phi) is 7.04. The SMILES string of the molecule is COc1ncc(-c2ccc3ncnc(Nc4cnn(CCO)c4)c3c2)cc1NS(=O)(=O)c1ccc(F)cc1F. The molecule has 0 aliphatic rings. The summed E-state index contributed by atoms with van der Waals surface area (Å²) >= 11 is 0. The van der Waals surface area contributed by atoms with Crippen LogP contribution in [0.2, 0.25) is 0 Å². The highest BCUT2D eigenvalue weighted by Gasteiger charge is 2.22. The molecule has 200 valence electrons. The van der Waals surface area contributed by atoms with Crippen molar-refractivity contribution in [2.24, 2.45) is 0 Å². The van der Waals surface area contributed by atoms with Crippen LogP contribution in [-0.2, 0) is 16.6 Å². The van der Waals surface area contributed by atoms with Crippen molar-refractivity contribution < 1.29 is 27.0 Å². The van der Waals surface area contributed by atoms with Crippen LogP contribution in [0, 0.1) is 11.6 Å². The molecule has 3 aromatic heterocycles. The fraction of sp³-hybridized carbons (Fsp3) is 0.120. The highest BCUT2D eigenvalue weighted by Crippen LogP contribution is 2.33. The number of anilines is 3. The van der Waals surface area contributed by atoms with Crippen molar-refractivity contribution in [3.8, 4) is 17.0 Å². The first-order chi connectivity index (χ1) is 18.8. The van der Waals surface area contributed by atoms with Gasteiger partial charge in [-0.2, -0.15) is 5.10 Å². The molecular formula is C25H21F2N7O4S. The highest BCUT2D eigenvalue weighted by molar-refractivity contribution is 7.92. The minimum atomic E-state index is -4.44. The minimum Gasteiger partial charge on any atom is -0.480 e. The summed E-state index contributed by atoms with van der Waals surface area (Å²) in [7, 11) is -3.12. The van der Waals surface area contributed by atoms with E-state index in [0.717, 1.165) is 12.1 Å². The Hall–Kier alpha value is -4.69. The Labute approximate surface area is 221 Å². The highest BCUT2D eigenvalue weighted by atomic mass is 32.2. The number of fused-ring (bicyclic) bond motifs is 1. The van der Waals surface area contributed by atoms with Crippen LogP contribution in [-0.4, -0.2) is 52.0 Å². The largest absolute Gasteiger partial charge is 0.480 e. The molecule has 11 nitrogen and oxygen atoms in total. The molecule has 2 aromatic carbocycles. The van der Waals surface area contributed by atoms with Gasteiger partial charge in [-0.05, 0) is 35.9 Å². The first-order valence-corrected chi connectivity index (χ1v) is 12.9. The quantitative estimate of drug-likeness (QED) is 0.249. The smallest absolute Gasteiger partial charge is 0.264 e. The van der Waals surface area contributed by atoms with Gasteiger partial charge in [0.05, 0.1) is 37.7 Å². The summed E-state index contributed by atoms with van der Waals surface area (Å²) in [6.45, 7) is 0.300. The predicted octanol–water partition coefficient (Wildman–Crippen LogP) is 3.71. The van der Waals surface area contributed by atoms with Gasteiger partial charge in [0.15, 0.2) is 0 Å². The average Bonchev–Trinajstić information content (AvgIpc) is 3.35. The average molecular weight is 554 g/mol. The molecule has 39 heavy (non-hydrogen) atoms. The van der Waals surface area contributed by atoms with E-state index >= 15 is 0 Å². The number of halogens is 2. The molecule has 5 aromatic rings. The van der Waals surface area contributed by atoms with Crippen LogP contribution < -0.4 is 14.8 Å². The molecule has 0 spiro atoms. The molecule has 0 fully saturated rings. The van der Waals surface area contributed by atoms with Gasteiger partial charge in [-0.15, -0.1) is 0 Å². The van der Waals surface area contributed by atoms with E-state index in [0.29, 0.717) is 46.1 Å². The molecule has 0 saturated heterocycles. The molecule has 14 heteroatoms. The lowest BCUT2D eigenvalue weighted by molar-refractivity contribution is 0.269. The topological polar surface area (TPSA) is 144 Å². The zero-order valence-corrected chi connectivity index (χ0v) is 21.2. The first-order valence-electron chi connectivity index (χ1n) is 11.4. The van der Waals surface area contributed by atoms with Crippen molar-refractivity contribution in [1.29, 1.82) is 0 Å². The number of nitrogens with one attached hydrogen (secondary N) is 2. The number of rotatable bonds is 9. The van der Waals surface area contributed by atoms with E-state index in [1.54, 1.807) is 35.3 Å². The molecule has 0 aliphatic heterocycles. The fourth-order valence-corrected chi connectivity index (χ4v) is 4.97. The number of ether oxygens (including phenoxy) is 1. The van der Waals surface area contributed by atoms with E-state index < -0.39 is 26.6 Å². The van der Waals surface area contributed by atoms with Crippen LogP contribution >= 0.6 is 0 Å². The van der Waals surface area contributed by atoms with E-state index in [-0.39, 0.29) is 18.2 Å². The maximum absolute atomic E-state index is 14.2.